The minimum absolute atomic E-state index is 0.189. The predicted molar refractivity (Wildman–Crippen MR) is 105 cm³/mol. The lowest BCUT2D eigenvalue weighted by Crippen LogP contribution is -2.39. The third kappa shape index (κ3) is 6.94. The highest BCUT2D eigenvalue weighted by molar-refractivity contribution is 6.06. The van der Waals surface area contributed by atoms with Gasteiger partial charge in [0, 0.05) is 31.3 Å². The Labute approximate surface area is 160 Å². The largest absolute Gasteiger partial charge is 0.384 e. The fourth-order valence-corrected chi connectivity index (χ4v) is 2.80. The van der Waals surface area contributed by atoms with Crippen LogP contribution >= 0.6 is 0 Å². The van der Waals surface area contributed by atoms with Crippen molar-refractivity contribution in [2.24, 2.45) is 0 Å². The van der Waals surface area contributed by atoms with Gasteiger partial charge in [-0.15, -0.1) is 0 Å². The van der Waals surface area contributed by atoms with Gasteiger partial charge in [0.15, 0.2) is 6.29 Å². The lowest BCUT2D eigenvalue weighted by molar-refractivity contribution is -0.112. The molecule has 7 heteroatoms. The molecule has 1 aromatic carbocycles. The molecule has 0 saturated heterocycles. The Morgan fingerprint density at radius 2 is 1.89 bits per heavy atom. The smallest absolute Gasteiger partial charge is 0.257 e. The van der Waals surface area contributed by atoms with Crippen LogP contribution in [-0.2, 0) is 9.59 Å². The second-order valence-electron chi connectivity index (χ2n) is 6.34. The Kier molecular flexibility index (Phi) is 10.6. The molecule has 0 aromatic heterocycles. The Balaban J connectivity index is 2.92. The van der Waals surface area contributed by atoms with E-state index in [-0.39, 0.29) is 24.0 Å². The average molecular weight is 375 g/mol. The molecule has 0 heterocycles. The van der Waals surface area contributed by atoms with E-state index in [2.05, 4.69) is 10.6 Å². The van der Waals surface area contributed by atoms with Gasteiger partial charge < -0.3 is 25.1 Å². The summed E-state index contributed by atoms with van der Waals surface area (Å²) in [5.74, 6) is -0.418. The maximum atomic E-state index is 13.0. The molecule has 7 nitrogen and oxygen atoms in total. The van der Waals surface area contributed by atoms with Crippen molar-refractivity contribution in [3.63, 3.8) is 0 Å². The van der Waals surface area contributed by atoms with E-state index in [9.17, 15) is 19.2 Å². The summed E-state index contributed by atoms with van der Waals surface area (Å²) in [5.41, 5.74) is 1.10. The van der Waals surface area contributed by atoms with Gasteiger partial charge >= 0.3 is 0 Å². The number of aldehydes is 3. The zero-order valence-electron chi connectivity index (χ0n) is 16.1. The highest BCUT2D eigenvalue weighted by Gasteiger charge is 2.24. The van der Waals surface area contributed by atoms with Crippen molar-refractivity contribution < 1.29 is 19.2 Å². The molecule has 1 amide bonds. The van der Waals surface area contributed by atoms with Gasteiger partial charge in [0.25, 0.3) is 5.91 Å². The van der Waals surface area contributed by atoms with E-state index < -0.39 is 11.9 Å². The Morgan fingerprint density at radius 1 is 1.15 bits per heavy atom. The van der Waals surface area contributed by atoms with Gasteiger partial charge in [0.1, 0.15) is 12.6 Å². The van der Waals surface area contributed by atoms with Crippen LogP contribution in [-0.4, -0.2) is 62.9 Å². The Morgan fingerprint density at radius 3 is 2.52 bits per heavy atom. The highest BCUT2D eigenvalue weighted by atomic mass is 16.2. The molecule has 0 saturated carbocycles. The molecule has 148 valence electrons. The fraction of sp³-hybridized carbons (Fsp3) is 0.500. The molecule has 1 rings (SSSR count). The molecule has 0 fully saturated rings. The summed E-state index contributed by atoms with van der Waals surface area (Å²) >= 11 is 0. The molecular weight excluding hydrogens is 346 g/mol. The van der Waals surface area contributed by atoms with Crippen molar-refractivity contribution in [2.75, 3.05) is 32.5 Å². The Hall–Kier alpha value is -2.54. The number of anilines is 1. The minimum Gasteiger partial charge on any atom is -0.384 e. The predicted octanol–water partition coefficient (Wildman–Crippen LogP) is 1.92. The van der Waals surface area contributed by atoms with E-state index in [0.717, 1.165) is 32.1 Å². The quantitative estimate of drug-likeness (QED) is 0.381. The number of hydrogen-bond acceptors (Lipinski definition) is 6. The molecule has 1 atom stereocenters. The van der Waals surface area contributed by atoms with E-state index in [1.165, 1.54) is 11.9 Å². The topological polar surface area (TPSA) is 95.6 Å². The number of carbonyl (C=O) groups excluding carboxylic acids is 4. The number of nitrogens with zero attached hydrogens (tertiary/aromatic N) is 1. The van der Waals surface area contributed by atoms with Crippen LogP contribution in [0.5, 0.6) is 0 Å². The Bertz CT molecular complexity index is 634. The van der Waals surface area contributed by atoms with Crippen LogP contribution < -0.4 is 10.6 Å². The van der Waals surface area contributed by atoms with Gasteiger partial charge in [-0.2, -0.15) is 0 Å². The van der Waals surface area contributed by atoms with Crippen LogP contribution in [0.25, 0.3) is 0 Å². The maximum absolute atomic E-state index is 13.0. The molecule has 0 bridgehead atoms. The summed E-state index contributed by atoms with van der Waals surface area (Å²) in [7, 11) is 3.43. The second-order valence-corrected chi connectivity index (χ2v) is 6.34. The monoisotopic (exact) mass is 375 g/mol. The molecule has 0 spiro atoms. The second kappa shape index (κ2) is 12.8. The van der Waals surface area contributed by atoms with E-state index >= 15 is 0 Å². The first-order valence-electron chi connectivity index (χ1n) is 9.23. The normalized spacial score (nSPS) is 11.5. The lowest BCUT2D eigenvalue weighted by Gasteiger charge is -2.25. The van der Waals surface area contributed by atoms with Gasteiger partial charge in [-0.1, -0.05) is 18.6 Å². The summed E-state index contributed by atoms with van der Waals surface area (Å²) in [5, 5.41) is 6.33. The third-order valence-corrected chi connectivity index (χ3v) is 4.41. The number of hydrogen-bond donors (Lipinski definition) is 2. The molecule has 0 aliphatic rings. The number of nitrogens with one attached hydrogen (secondary N) is 2. The summed E-state index contributed by atoms with van der Waals surface area (Å²) in [6, 6.07) is 4.33. The standard InChI is InChI=1S/C20H29N3O4/c1-21-11-4-3-5-12-22-18-10-6-8-16(14-25)19(18)20(27)23(2)17(15-26)9-7-13-24/h6,8,10,13-15,17,21-22H,3-5,7,9,11-12H2,1-2H3. The fourth-order valence-electron chi connectivity index (χ4n) is 2.80. The summed E-state index contributed by atoms with van der Waals surface area (Å²) in [4.78, 5) is 47.6. The van der Waals surface area contributed by atoms with Crippen LogP contribution in [0, 0.1) is 0 Å². The first kappa shape index (κ1) is 22.5. The molecule has 0 aliphatic heterocycles. The van der Waals surface area contributed by atoms with Gasteiger partial charge in [0.05, 0.1) is 11.6 Å². The number of benzene rings is 1. The van der Waals surface area contributed by atoms with Crippen molar-refractivity contribution in [1.29, 1.82) is 0 Å². The molecule has 0 radical (unpaired) electrons. The molecule has 1 unspecified atom stereocenters. The zero-order chi connectivity index (χ0) is 20.1. The van der Waals surface area contributed by atoms with E-state index in [0.29, 0.717) is 24.8 Å². The van der Waals surface area contributed by atoms with Crippen molar-refractivity contribution >= 4 is 30.5 Å². The highest BCUT2D eigenvalue weighted by Crippen LogP contribution is 2.22. The molecule has 27 heavy (non-hydrogen) atoms. The zero-order valence-corrected chi connectivity index (χ0v) is 16.1. The van der Waals surface area contributed by atoms with Gasteiger partial charge in [-0.05, 0) is 38.9 Å². The number of carbonyl (C=O) groups is 4. The third-order valence-electron chi connectivity index (χ3n) is 4.41. The van der Waals surface area contributed by atoms with Gasteiger partial charge in [-0.3, -0.25) is 9.59 Å². The molecule has 2 N–H and O–H groups in total. The average Bonchev–Trinajstić information content (AvgIpc) is 2.70. The van der Waals surface area contributed by atoms with Gasteiger partial charge in [0.2, 0.25) is 0 Å². The molecule has 0 aliphatic carbocycles. The van der Waals surface area contributed by atoms with E-state index in [4.69, 9.17) is 0 Å². The number of amides is 1. The van der Waals surface area contributed by atoms with Crippen LogP contribution in [0.4, 0.5) is 5.69 Å². The van der Waals surface area contributed by atoms with Gasteiger partial charge in [-0.25, -0.2) is 0 Å². The molecular formula is C20H29N3O4. The number of unbranched alkanes of at least 4 members (excludes halogenated alkanes) is 2. The van der Waals surface area contributed by atoms with E-state index in [1.807, 2.05) is 7.05 Å². The van der Waals surface area contributed by atoms with Crippen LogP contribution in [0.1, 0.15) is 52.8 Å². The lowest BCUT2D eigenvalue weighted by atomic mass is 10.0. The summed E-state index contributed by atoms with van der Waals surface area (Å²) in [6.45, 7) is 1.64. The van der Waals surface area contributed by atoms with Crippen LogP contribution in [0.2, 0.25) is 0 Å². The minimum atomic E-state index is -0.711. The number of rotatable bonds is 14. The van der Waals surface area contributed by atoms with Crippen molar-refractivity contribution in [3.05, 3.63) is 29.3 Å². The van der Waals surface area contributed by atoms with Crippen LogP contribution in [0.3, 0.4) is 0 Å². The van der Waals surface area contributed by atoms with Crippen molar-refractivity contribution in [1.82, 2.24) is 10.2 Å². The summed E-state index contributed by atoms with van der Waals surface area (Å²) in [6.07, 6.45) is 5.51. The van der Waals surface area contributed by atoms with Crippen molar-refractivity contribution in [2.45, 2.75) is 38.1 Å². The first-order valence-corrected chi connectivity index (χ1v) is 9.23. The maximum Gasteiger partial charge on any atom is 0.257 e. The molecule has 1 aromatic rings. The van der Waals surface area contributed by atoms with Crippen molar-refractivity contribution in [3.8, 4) is 0 Å². The summed E-state index contributed by atoms with van der Waals surface area (Å²) < 4.78 is 0. The number of likely N-dealkylation sites (N-methyl/N-ethyl adjacent to an activating group) is 1. The van der Waals surface area contributed by atoms with Crippen LogP contribution in [0.15, 0.2) is 18.2 Å². The SMILES string of the molecule is CNCCCCCNc1cccc(C=O)c1C(=O)N(C)C(C=O)CCC=O. The van der Waals surface area contributed by atoms with E-state index in [1.54, 1.807) is 18.2 Å². The first-order chi connectivity index (χ1) is 13.1.